The van der Waals surface area contributed by atoms with Gasteiger partial charge >= 0.3 is 0 Å². The zero-order chi connectivity index (χ0) is 26.4. The van der Waals surface area contributed by atoms with Crippen molar-refractivity contribution in [3.05, 3.63) is 84.1 Å². The minimum absolute atomic E-state index is 0.133. The Balaban J connectivity index is 1.59. The highest BCUT2D eigenvalue weighted by Gasteiger charge is 2.17. The summed E-state index contributed by atoms with van der Waals surface area (Å²) in [6.45, 7) is 6.99. The maximum atomic E-state index is 14.0. The summed E-state index contributed by atoms with van der Waals surface area (Å²) in [6.07, 6.45) is 2.55. The zero-order valence-corrected chi connectivity index (χ0v) is 20.4. The van der Waals surface area contributed by atoms with Crippen LogP contribution in [0.2, 0.25) is 0 Å². The summed E-state index contributed by atoms with van der Waals surface area (Å²) in [4.78, 5) is 20.9. The number of carbonyl (C=O) groups is 1. The normalized spacial score (nSPS) is 13.5. The van der Waals surface area contributed by atoms with Crippen LogP contribution in [0.1, 0.15) is 11.1 Å². The molecule has 3 aromatic rings. The number of pyridine rings is 1. The van der Waals surface area contributed by atoms with Gasteiger partial charge in [-0.1, -0.05) is 12.6 Å². The predicted molar refractivity (Wildman–Crippen MR) is 141 cm³/mol. The van der Waals surface area contributed by atoms with Crippen molar-refractivity contribution in [2.45, 2.75) is 6.54 Å². The van der Waals surface area contributed by atoms with Crippen LogP contribution in [-0.2, 0) is 11.3 Å². The summed E-state index contributed by atoms with van der Waals surface area (Å²) >= 11 is 0. The largest absolute Gasteiger partial charge is 0.380 e. The van der Waals surface area contributed by atoms with Crippen molar-refractivity contribution < 1.29 is 13.6 Å². The molecule has 0 saturated carbocycles. The molecule has 1 aliphatic rings. The van der Waals surface area contributed by atoms with Crippen molar-refractivity contribution >= 4 is 34.5 Å². The van der Waals surface area contributed by atoms with Crippen LogP contribution < -0.4 is 20.9 Å². The summed E-state index contributed by atoms with van der Waals surface area (Å²) in [5, 5.41) is 18.4. The van der Waals surface area contributed by atoms with E-state index in [-0.39, 0.29) is 23.6 Å². The molecule has 0 spiro atoms. The average molecular weight is 504 g/mol. The van der Waals surface area contributed by atoms with Crippen molar-refractivity contribution in [3.63, 3.8) is 0 Å². The summed E-state index contributed by atoms with van der Waals surface area (Å²) in [7, 11) is 2.08. The number of piperazine rings is 1. The molecule has 0 radical (unpaired) electrons. The van der Waals surface area contributed by atoms with Gasteiger partial charge in [0.05, 0.1) is 22.6 Å². The lowest BCUT2D eigenvalue weighted by molar-refractivity contribution is -0.111. The number of aromatic nitrogens is 1. The van der Waals surface area contributed by atoms with E-state index in [1.165, 1.54) is 30.5 Å². The highest BCUT2D eigenvalue weighted by atomic mass is 19.1. The van der Waals surface area contributed by atoms with E-state index in [1.54, 1.807) is 6.07 Å². The average Bonchev–Trinajstić information content (AvgIpc) is 2.90. The Labute approximate surface area is 214 Å². The van der Waals surface area contributed by atoms with Crippen molar-refractivity contribution in [2.24, 2.45) is 0 Å². The van der Waals surface area contributed by atoms with Crippen LogP contribution in [0.4, 0.5) is 37.3 Å². The van der Waals surface area contributed by atoms with Gasteiger partial charge in [0.1, 0.15) is 23.5 Å². The quantitative estimate of drug-likeness (QED) is 0.391. The molecular weight excluding hydrogens is 476 g/mol. The number of nitrogens with zero attached hydrogens (tertiary/aromatic N) is 4. The van der Waals surface area contributed by atoms with Gasteiger partial charge in [0.15, 0.2) is 0 Å². The molecule has 3 N–H and O–H groups in total. The number of carbonyl (C=O) groups excluding carboxylic acids is 1. The highest BCUT2D eigenvalue weighted by Crippen LogP contribution is 2.31. The first-order valence-electron chi connectivity index (χ1n) is 11.7. The van der Waals surface area contributed by atoms with Gasteiger partial charge in [0.25, 0.3) is 0 Å². The number of benzene rings is 2. The van der Waals surface area contributed by atoms with Crippen molar-refractivity contribution in [1.29, 1.82) is 5.26 Å². The second kappa shape index (κ2) is 11.5. The van der Waals surface area contributed by atoms with Crippen LogP contribution in [0.5, 0.6) is 0 Å². The van der Waals surface area contributed by atoms with Crippen LogP contribution in [0.15, 0.2) is 61.3 Å². The Morgan fingerprint density at radius 3 is 2.51 bits per heavy atom. The third kappa shape index (κ3) is 6.20. The number of nitriles is 1. The minimum Gasteiger partial charge on any atom is -0.380 e. The molecule has 0 atom stereocenters. The topological polar surface area (TPSA) is 96.3 Å². The Bertz CT molecular complexity index is 1330. The molecule has 2 heterocycles. The third-order valence-corrected chi connectivity index (χ3v) is 6.12. The number of hydrogen-bond acceptors (Lipinski definition) is 7. The Morgan fingerprint density at radius 1 is 1.11 bits per heavy atom. The third-order valence-electron chi connectivity index (χ3n) is 6.12. The van der Waals surface area contributed by atoms with E-state index in [2.05, 4.69) is 44.4 Å². The van der Waals surface area contributed by atoms with Gasteiger partial charge in [-0.05, 0) is 43.5 Å². The van der Waals surface area contributed by atoms with E-state index >= 15 is 0 Å². The number of anilines is 5. The van der Waals surface area contributed by atoms with E-state index in [9.17, 15) is 18.8 Å². The van der Waals surface area contributed by atoms with Gasteiger partial charge in [-0.2, -0.15) is 5.26 Å². The standard InChI is InChI=1S/C27H27F2N7O/c1-3-27(37)34-25-13-19(36-11-9-35(2)10-12-36)7-8-23(25)33-26-14-24(18(15-30)16-32-26)31-17-20-21(28)5-4-6-22(20)29/h3-8,13-14,16H,1,9-12,17H2,2H3,(H,34,37)(H2,31,32,33). The van der Waals surface area contributed by atoms with E-state index in [1.807, 2.05) is 24.3 Å². The Kier molecular flexibility index (Phi) is 7.95. The second-order valence-electron chi connectivity index (χ2n) is 8.62. The van der Waals surface area contributed by atoms with Gasteiger partial charge in [0.2, 0.25) is 5.91 Å². The lowest BCUT2D eigenvalue weighted by atomic mass is 10.1. The van der Waals surface area contributed by atoms with Crippen molar-refractivity contribution in [1.82, 2.24) is 9.88 Å². The minimum atomic E-state index is -0.679. The Hall–Kier alpha value is -4.49. The van der Waals surface area contributed by atoms with Gasteiger partial charge in [-0.3, -0.25) is 4.79 Å². The molecule has 0 aliphatic carbocycles. The fraction of sp³-hybridized carbons (Fsp3) is 0.222. The molecule has 1 fully saturated rings. The molecule has 1 aliphatic heterocycles. The van der Waals surface area contributed by atoms with Gasteiger partial charge in [0, 0.05) is 56.2 Å². The van der Waals surface area contributed by atoms with E-state index in [4.69, 9.17) is 0 Å². The number of likely N-dealkylation sites (N-methyl/N-ethyl adjacent to an activating group) is 1. The molecule has 190 valence electrons. The number of halogens is 2. The first-order chi connectivity index (χ1) is 17.9. The molecule has 1 amide bonds. The maximum absolute atomic E-state index is 14.0. The SMILES string of the molecule is C=CC(=O)Nc1cc(N2CCN(C)CC2)ccc1Nc1cc(NCc2c(F)cccc2F)c(C#N)cn1. The summed E-state index contributed by atoms with van der Waals surface area (Å²) in [5.41, 5.74) is 2.53. The summed E-state index contributed by atoms with van der Waals surface area (Å²) < 4.78 is 28.1. The van der Waals surface area contributed by atoms with E-state index in [0.29, 0.717) is 22.9 Å². The van der Waals surface area contributed by atoms with Crippen LogP contribution in [0, 0.1) is 23.0 Å². The van der Waals surface area contributed by atoms with Crippen LogP contribution in [-0.4, -0.2) is 49.0 Å². The Morgan fingerprint density at radius 2 is 1.84 bits per heavy atom. The predicted octanol–water partition coefficient (Wildman–Crippen LogP) is 4.46. The molecule has 1 aromatic heterocycles. The number of rotatable bonds is 8. The number of amides is 1. The molecule has 1 saturated heterocycles. The molecule has 8 nitrogen and oxygen atoms in total. The summed E-state index contributed by atoms with van der Waals surface area (Å²) in [6, 6.07) is 12.9. The van der Waals surface area contributed by atoms with Crippen molar-refractivity contribution in [2.75, 3.05) is 54.1 Å². The fourth-order valence-corrected chi connectivity index (χ4v) is 3.97. The first-order valence-corrected chi connectivity index (χ1v) is 11.7. The van der Waals surface area contributed by atoms with Crippen LogP contribution in [0.3, 0.4) is 0 Å². The first kappa shape index (κ1) is 25.6. The molecular formula is C27H27F2N7O. The van der Waals surface area contributed by atoms with Gasteiger partial charge in [-0.25, -0.2) is 13.8 Å². The lowest BCUT2D eigenvalue weighted by Gasteiger charge is -2.34. The monoisotopic (exact) mass is 503 g/mol. The summed E-state index contributed by atoms with van der Waals surface area (Å²) in [5.74, 6) is -1.35. The number of nitrogens with one attached hydrogen (secondary N) is 3. The second-order valence-corrected chi connectivity index (χ2v) is 8.62. The lowest BCUT2D eigenvalue weighted by Crippen LogP contribution is -2.44. The molecule has 10 heteroatoms. The van der Waals surface area contributed by atoms with Gasteiger partial charge in [-0.15, -0.1) is 0 Å². The van der Waals surface area contributed by atoms with E-state index in [0.717, 1.165) is 31.9 Å². The van der Waals surface area contributed by atoms with E-state index < -0.39 is 11.6 Å². The van der Waals surface area contributed by atoms with Crippen LogP contribution in [0.25, 0.3) is 0 Å². The fourth-order valence-electron chi connectivity index (χ4n) is 3.97. The molecule has 4 rings (SSSR count). The molecule has 0 bridgehead atoms. The van der Waals surface area contributed by atoms with Gasteiger partial charge < -0.3 is 25.8 Å². The zero-order valence-electron chi connectivity index (χ0n) is 20.4. The van der Waals surface area contributed by atoms with Crippen molar-refractivity contribution in [3.8, 4) is 6.07 Å². The highest BCUT2D eigenvalue weighted by molar-refractivity contribution is 6.02. The molecule has 0 unspecified atom stereocenters. The van der Waals surface area contributed by atoms with Crippen LogP contribution >= 0.6 is 0 Å². The molecule has 37 heavy (non-hydrogen) atoms. The number of hydrogen-bond donors (Lipinski definition) is 3. The molecule has 2 aromatic carbocycles. The maximum Gasteiger partial charge on any atom is 0.247 e. The smallest absolute Gasteiger partial charge is 0.247 e.